The van der Waals surface area contributed by atoms with E-state index in [1.807, 2.05) is 0 Å². The SMILES string of the molecule is O=C(NCC[C@@H]1CCCNC1)OCC1c2ccccc2-c2ccccc21. The predicted octanol–water partition coefficient (Wildman–Crippen LogP) is 3.91. The molecule has 4 nitrogen and oxygen atoms in total. The molecule has 1 atom stereocenters. The molecule has 0 aromatic heterocycles. The van der Waals surface area contributed by atoms with Gasteiger partial charge in [0.05, 0.1) is 0 Å². The molecule has 4 rings (SSSR count). The molecule has 1 heterocycles. The van der Waals surface area contributed by atoms with Gasteiger partial charge in [-0.1, -0.05) is 48.5 Å². The molecule has 2 aromatic rings. The number of piperidine rings is 1. The predicted molar refractivity (Wildman–Crippen MR) is 103 cm³/mol. The van der Waals surface area contributed by atoms with Gasteiger partial charge in [0, 0.05) is 12.5 Å². The summed E-state index contributed by atoms with van der Waals surface area (Å²) in [6.07, 6.45) is 3.18. The molecular weight excluding hydrogens is 324 g/mol. The van der Waals surface area contributed by atoms with Crippen molar-refractivity contribution in [3.8, 4) is 11.1 Å². The first kappa shape index (κ1) is 17.1. The molecule has 1 saturated heterocycles. The summed E-state index contributed by atoms with van der Waals surface area (Å²) in [6, 6.07) is 16.8. The average molecular weight is 350 g/mol. The first-order valence-electron chi connectivity index (χ1n) is 9.62. The van der Waals surface area contributed by atoms with Crippen molar-refractivity contribution in [3.05, 3.63) is 59.7 Å². The van der Waals surface area contributed by atoms with Crippen LogP contribution in [0.2, 0.25) is 0 Å². The summed E-state index contributed by atoms with van der Waals surface area (Å²) in [4.78, 5) is 12.1. The number of fused-ring (bicyclic) bond motifs is 3. The van der Waals surface area contributed by atoms with Crippen LogP contribution in [0.4, 0.5) is 4.79 Å². The smallest absolute Gasteiger partial charge is 0.407 e. The van der Waals surface area contributed by atoms with E-state index in [0.717, 1.165) is 19.5 Å². The number of hydrogen-bond acceptors (Lipinski definition) is 3. The van der Waals surface area contributed by atoms with Gasteiger partial charge in [0.2, 0.25) is 0 Å². The van der Waals surface area contributed by atoms with Crippen molar-refractivity contribution in [1.82, 2.24) is 10.6 Å². The molecule has 0 spiro atoms. The highest BCUT2D eigenvalue weighted by Gasteiger charge is 2.28. The van der Waals surface area contributed by atoms with Gasteiger partial charge in [0.15, 0.2) is 0 Å². The lowest BCUT2D eigenvalue weighted by Crippen LogP contribution is -2.33. The van der Waals surface area contributed by atoms with E-state index in [4.69, 9.17) is 4.74 Å². The molecule has 26 heavy (non-hydrogen) atoms. The van der Waals surface area contributed by atoms with Crippen LogP contribution in [0.15, 0.2) is 48.5 Å². The fraction of sp³-hybridized carbons (Fsp3) is 0.409. The average Bonchev–Trinajstić information content (AvgIpc) is 3.01. The van der Waals surface area contributed by atoms with Crippen LogP contribution in [0.25, 0.3) is 11.1 Å². The van der Waals surface area contributed by atoms with E-state index in [1.165, 1.54) is 35.1 Å². The third kappa shape index (κ3) is 3.61. The molecule has 0 saturated carbocycles. The van der Waals surface area contributed by atoms with Crippen molar-refractivity contribution >= 4 is 6.09 Å². The molecule has 0 unspecified atom stereocenters. The van der Waals surface area contributed by atoms with Gasteiger partial charge in [-0.15, -0.1) is 0 Å². The van der Waals surface area contributed by atoms with E-state index >= 15 is 0 Å². The molecule has 2 aromatic carbocycles. The van der Waals surface area contributed by atoms with E-state index in [2.05, 4.69) is 59.2 Å². The topological polar surface area (TPSA) is 50.4 Å². The number of rotatable bonds is 5. The lowest BCUT2D eigenvalue weighted by Gasteiger charge is -2.22. The van der Waals surface area contributed by atoms with E-state index in [1.54, 1.807) is 0 Å². The molecule has 2 aliphatic rings. The summed E-state index contributed by atoms with van der Waals surface area (Å²) in [5, 5.41) is 6.32. The largest absolute Gasteiger partial charge is 0.449 e. The zero-order valence-electron chi connectivity index (χ0n) is 15.0. The van der Waals surface area contributed by atoms with Gasteiger partial charge in [-0.05, 0) is 60.5 Å². The summed E-state index contributed by atoms with van der Waals surface area (Å²) in [7, 11) is 0. The molecule has 0 radical (unpaired) electrons. The van der Waals surface area contributed by atoms with Crippen molar-refractivity contribution in [1.29, 1.82) is 0 Å². The monoisotopic (exact) mass is 350 g/mol. The summed E-state index contributed by atoms with van der Waals surface area (Å²) in [5.74, 6) is 0.785. The van der Waals surface area contributed by atoms with Crippen LogP contribution in [-0.4, -0.2) is 32.3 Å². The summed E-state index contributed by atoms with van der Waals surface area (Å²) >= 11 is 0. The summed E-state index contributed by atoms with van der Waals surface area (Å²) < 4.78 is 5.56. The number of nitrogens with one attached hydrogen (secondary N) is 2. The fourth-order valence-electron chi connectivity index (χ4n) is 4.20. The lowest BCUT2D eigenvalue weighted by atomic mass is 9.96. The van der Waals surface area contributed by atoms with Crippen molar-refractivity contribution in [2.24, 2.45) is 5.92 Å². The van der Waals surface area contributed by atoms with Gasteiger partial charge in [-0.25, -0.2) is 4.79 Å². The fourth-order valence-corrected chi connectivity index (χ4v) is 4.20. The van der Waals surface area contributed by atoms with Gasteiger partial charge in [-0.3, -0.25) is 0 Å². The minimum absolute atomic E-state index is 0.121. The summed E-state index contributed by atoms with van der Waals surface area (Å²) in [6.45, 7) is 3.25. The van der Waals surface area contributed by atoms with E-state index < -0.39 is 0 Å². The quantitative estimate of drug-likeness (QED) is 0.859. The Kier molecular flexibility index (Phi) is 5.21. The number of carbonyl (C=O) groups excluding carboxylic acids is 1. The van der Waals surface area contributed by atoms with Gasteiger partial charge >= 0.3 is 6.09 Å². The molecule has 1 aliphatic carbocycles. The van der Waals surface area contributed by atoms with Crippen LogP contribution in [0.1, 0.15) is 36.3 Å². The van der Waals surface area contributed by atoms with Crippen molar-refractivity contribution in [2.75, 3.05) is 26.2 Å². The lowest BCUT2D eigenvalue weighted by molar-refractivity contribution is 0.142. The minimum atomic E-state index is -0.310. The van der Waals surface area contributed by atoms with Crippen LogP contribution in [0.3, 0.4) is 0 Å². The number of hydrogen-bond donors (Lipinski definition) is 2. The summed E-state index contributed by atoms with van der Waals surface area (Å²) in [5.41, 5.74) is 4.99. The van der Waals surface area contributed by atoms with Crippen molar-refractivity contribution in [3.63, 3.8) is 0 Å². The molecule has 1 fully saturated rings. The van der Waals surface area contributed by atoms with Gasteiger partial charge in [0.25, 0.3) is 0 Å². The Labute approximate surface area is 155 Å². The number of carbonyl (C=O) groups is 1. The molecular formula is C22H26N2O2. The van der Waals surface area contributed by atoms with Gasteiger partial charge in [-0.2, -0.15) is 0 Å². The maximum atomic E-state index is 12.1. The Morgan fingerprint density at radius 2 is 1.77 bits per heavy atom. The van der Waals surface area contributed by atoms with Crippen molar-refractivity contribution in [2.45, 2.75) is 25.2 Å². The van der Waals surface area contributed by atoms with E-state index in [-0.39, 0.29) is 12.0 Å². The second-order valence-corrected chi connectivity index (χ2v) is 7.25. The van der Waals surface area contributed by atoms with E-state index in [9.17, 15) is 4.79 Å². The third-order valence-corrected chi connectivity index (χ3v) is 5.56. The number of ether oxygens (including phenoxy) is 1. The van der Waals surface area contributed by atoms with Crippen LogP contribution in [0.5, 0.6) is 0 Å². The Morgan fingerprint density at radius 1 is 1.08 bits per heavy atom. The molecule has 136 valence electrons. The Bertz CT molecular complexity index is 723. The molecule has 2 N–H and O–H groups in total. The number of alkyl carbamates (subject to hydrolysis) is 1. The zero-order chi connectivity index (χ0) is 17.8. The normalized spacial score (nSPS) is 18.8. The van der Waals surface area contributed by atoms with Gasteiger partial charge < -0.3 is 15.4 Å². The van der Waals surface area contributed by atoms with E-state index in [0.29, 0.717) is 19.1 Å². The Morgan fingerprint density at radius 3 is 2.42 bits per heavy atom. The standard InChI is InChI=1S/C22H26N2O2/c25-22(24-13-11-16-6-5-12-23-14-16)26-15-21-19-9-3-1-7-17(19)18-8-2-4-10-20(18)21/h1-4,7-10,16,21,23H,5-6,11-15H2,(H,24,25)/t16-/m0/s1. The highest BCUT2D eigenvalue weighted by molar-refractivity contribution is 5.79. The maximum absolute atomic E-state index is 12.1. The van der Waals surface area contributed by atoms with Crippen LogP contribution >= 0.6 is 0 Å². The van der Waals surface area contributed by atoms with Gasteiger partial charge in [0.1, 0.15) is 6.61 Å². The highest BCUT2D eigenvalue weighted by Crippen LogP contribution is 2.44. The highest BCUT2D eigenvalue weighted by atomic mass is 16.5. The maximum Gasteiger partial charge on any atom is 0.407 e. The molecule has 1 aliphatic heterocycles. The van der Waals surface area contributed by atoms with Crippen LogP contribution < -0.4 is 10.6 Å². The molecule has 4 heteroatoms. The van der Waals surface area contributed by atoms with Crippen molar-refractivity contribution < 1.29 is 9.53 Å². The number of amides is 1. The third-order valence-electron chi connectivity index (χ3n) is 5.56. The Balaban J connectivity index is 1.32. The zero-order valence-corrected chi connectivity index (χ0v) is 15.0. The first-order valence-corrected chi connectivity index (χ1v) is 9.62. The first-order chi connectivity index (χ1) is 12.8. The van der Waals surface area contributed by atoms with Crippen LogP contribution in [-0.2, 0) is 4.74 Å². The number of benzene rings is 2. The second kappa shape index (κ2) is 7.92. The van der Waals surface area contributed by atoms with Crippen LogP contribution in [0, 0.1) is 5.92 Å². The second-order valence-electron chi connectivity index (χ2n) is 7.25. The Hall–Kier alpha value is -2.33. The minimum Gasteiger partial charge on any atom is -0.449 e. The molecule has 1 amide bonds. The molecule has 0 bridgehead atoms.